The van der Waals surface area contributed by atoms with Crippen molar-refractivity contribution in [1.82, 2.24) is 0 Å². The Labute approximate surface area is 138 Å². The van der Waals surface area contributed by atoms with Crippen LogP contribution in [0.3, 0.4) is 0 Å². The van der Waals surface area contributed by atoms with Crippen LogP contribution in [0.1, 0.15) is 0 Å². The van der Waals surface area contributed by atoms with E-state index in [0.29, 0.717) is 0 Å². The Morgan fingerprint density at radius 3 is 1.42 bits per heavy atom. The number of phosphoric acid groups is 1. The molecule has 0 N–H and O–H groups in total. The number of hydrogen-bond donors (Lipinski definition) is 0. The zero-order valence-corrected chi connectivity index (χ0v) is 15.4. The molecule has 64 valence electrons. The van der Waals surface area contributed by atoms with Gasteiger partial charge in [0.05, 0.1) is 0 Å². The summed E-state index contributed by atoms with van der Waals surface area (Å²) in [5, 5.41) is 0. The van der Waals surface area contributed by atoms with Gasteiger partial charge in [-0.25, -0.2) is 0 Å². The van der Waals surface area contributed by atoms with Crippen LogP contribution in [0.15, 0.2) is 0 Å². The Morgan fingerprint density at radius 2 is 1.42 bits per heavy atom. The second-order valence-corrected chi connectivity index (χ2v) is 12.3. The summed E-state index contributed by atoms with van der Waals surface area (Å²) in [7, 11) is -4.79. The molecule has 0 bridgehead atoms. The predicted molar refractivity (Wildman–Crippen MR) is 39.3 cm³/mol. The fourth-order valence-corrected chi connectivity index (χ4v) is 3.60. The molecular formula is C4H12KNaO4P2. The molecule has 0 rings (SSSR count). The molecule has 12 heavy (non-hydrogen) atoms. The molecule has 0 spiro atoms. The van der Waals surface area contributed by atoms with Crippen LogP contribution in [0, 0.1) is 0 Å². The van der Waals surface area contributed by atoms with E-state index in [2.05, 4.69) is 4.31 Å². The van der Waals surface area contributed by atoms with Crippen molar-refractivity contribution in [3.63, 3.8) is 0 Å². The summed E-state index contributed by atoms with van der Waals surface area (Å²) in [6.07, 6.45) is 0. The average molecular weight is 248 g/mol. The van der Waals surface area contributed by atoms with Gasteiger partial charge >= 0.3 is 141 Å². The molecule has 0 aliphatic rings. The van der Waals surface area contributed by atoms with Crippen LogP contribution in [0.2, 0.25) is 0 Å². The maximum absolute atomic E-state index is 10.1. The van der Waals surface area contributed by atoms with Crippen LogP contribution in [0.25, 0.3) is 0 Å². The molecule has 0 aromatic rings. The zero-order valence-electron chi connectivity index (χ0n) is 8.53. The van der Waals surface area contributed by atoms with Gasteiger partial charge in [0.25, 0.3) is 0 Å². The van der Waals surface area contributed by atoms with Crippen molar-refractivity contribution in [2.75, 3.05) is 26.7 Å². The van der Waals surface area contributed by atoms with Gasteiger partial charge in [-0.2, -0.15) is 0 Å². The van der Waals surface area contributed by atoms with Gasteiger partial charge in [0.1, 0.15) is 0 Å². The Bertz CT molecular complexity index is 174. The third kappa shape index (κ3) is 18.9. The van der Waals surface area contributed by atoms with Gasteiger partial charge in [0, 0.05) is 0 Å². The molecule has 0 aliphatic carbocycles. The summed E-state index contributed by atoms with van der Waals surface area (Å²) in [6, 6.07) is 0. The molecule has 0 unspecified atom stereocenters. The number of hydrogen-bond acceptors (Lipinski definition) is 4. The topological polar surface area (TPSA) is 72.4 Å². The first-order valence-corrected chi connectivity index (χ1v) is 8.11. The van der Waals surface area contributed by atoms with Crippen LogP contribution in [-0.4, -0.2) is 26.7 Å². The molecular weight excluding hydrogens is 236 g/mol. The minimum absolute atomic E-state index is 0. The van der Waals surface area contributed by atoms with Crippen LogP contribution < -0.4 is 90.7 Å². The van der Waals surface area contributed by atoms with E-state index >= 15 is 0 Å². The van der Waals surface area contributed by atoms with Crippen molar-refractivity contribution in [1.29, 1.82) is 0 Å². The smallest absolute Gasteiger partial charge is 1.00 e. The van der Waals surface area contributed by atoms with E-state index in [1.165, 1.54) is 0 Å². The predicted octanol–water partition coefficient (Wildman–Crippen LogP) is -6.17. The molecule has 4 nitrogen and oxygen atoms in total. The molecule has 0 aromatic carbocycles. The zero-order chi connectivity index (χ0) is 8.65. The standard InChI is InChI=1S/C4H14O4P2.K.Na/c1-10(2,3,4)8-9(5,6)7;;/h1-4H3,(H2,5,6,7);;/q;2*+1/p-2. The molecule has 0 amide bonds. The monoisotopic (exact) mass is 248 g/mol. The van der Waals surface area contributed by atoms with E-state index in [9.17, 15) is 14.4 Å². The quantitative estimate of drug-likeness (QED) is 0.360. The van der Waals surface area contributed by atoms with Gasteiger partial charge in [-0.05, 0) is 0 Å². The maximum Gasteiger partial charge on any atom is 1.00 e. The summed E-state index contributed by atoms with van der Waals surface area (Å²) in [5.41, 5.74) is 0. The first kappa shape index (κ1) is 20.6. The van der Waals surface area contributed by atoms with E-state index in [-0.39, 0.29) is 80.9 Å². The van der Waals surface area contributed by atoms with Crippen LogP contribution in [0.4, 0.5) is 0 Å². The van der Waals surface area contributed by atoms with Crippen molar-refractivity contribution >= 4 is 14.7 Å². The first-order chi connectivity index (χ1) is 3.96. The SMILES string of the molecule is CP(C)(C)(C)OP(=O)([O-])[O-].[K+].[Na+]. The molecule has 0 saturated carbocycles. The molecule has 0 aliphatic heterocycles. The Balaban J connectivity index is -0.000000405. The summed E-state index contributed by atoms with van der Waals surface area (Å²) < 4.78 is 14.5. The first-order valence-electron chi connectivity index (χ1n) is 2.70. The minimum atomic E-state index is -4.79. The van der Waals surface area contributed by atoms with Crippen molar-refractivity contribution in [3.05, 3.63) is 0 Å². The Morgan fingerprint density at radius 1 is 1.17 bits per heavy atom. The summed E-state index contributed by atoms with van der Waals surface area (Å²) in [6.45, 7) is 3.95. The maximum atomic E-state index is 10.1. The molecule has 8 heteroatoms. The average Bonchev–Trinajstić information content (AvgIpc) is 1.09. The van der Waals surface area contributed by atoms with Crippen LogP contribution in [0.5, 0.6) is 0 Å². The number of rotatable bonds is 2. The molecule has 0 fully saturated rings. The second-order valence-electron chi connectivity index (χ2n) is 3.94. The van der Waals surface area contributed by atoms with Gasteiger partial charge in [0.2, 0.25) is 0 Å². The van der Waals surface area contributed by atoms with Crippen LogP contribution in [-0.2, 0) is 8.88 Å². The van der Waals surface area contributed by atoms with E-state index in [1.807, 2.05) is 0 Å². The van der Waals surface area contributed by atoms with Gasteiger partial charge in [-0.15, -0.1) is 0 Å². The third-order valence-electron chi connectivity index (χ3n) is 0.427. The van der Waals surface area contributed by atoms with E-state index in [4.69, 9.17) is 0 Å². The van der Waals surface area contributed by atoms with Gasteiger partial charge < -0.3 is 0 Å². The van der Waals surface area contributed by atoms with Crippen molar-refractivity contribution in [2.45, 2.75) is 0 Å². The van der Waals surface area contributed by atoms with E-state index in [0.717, 1.165) is 0 Å². The molecule has 0 radical (unpaired) electrons. The van der Waals surface area contributed by atoms with Gasteiger partial charge in [0.15, 0.2) is 0 Å². The Hall–Kier alpha value is 3.18. The molecule has 0 saturated heterocycles. The summed E-state index contributed by atoms with van der Waals surface area (Å²) in [5.74, 6) is 0. The van der Waals surface area contributed by atoms with Gasteiger partial charge in [-0.3, -0.25) is 0 Å². The minimum Gasteiger partial charge on any atom is 1.00 e. The van der Waals surface area contributed by atoms with Gasteiger partial charge in [-0.1, -0.05) is 0 Å². The largest absolute Gasteiger partial charge is 1.00 e. The van der Waals surface area contributed by atoms with Crippen LogP contribution >= 0.6 is 14.7 Å². The molecule has 0 atom stereocenters. The normalized spacial score (nSPS) is 15.0. The molecule has 0 aromatic heterocycles. The van der Waals surface area contributed by atoms with Crippen molar-refractivity contribution in [3.8, 4) is 0 Å². The Kier molecular flexibility index (Phi) is 10.4. The summed E-state index contributed by atoms with van der Waals surface area (Å²) >= 11 is 0. The van der Waals surface area contributed by atoms with E-state index < -0.39 is 14.7 Å². The van der Waals surface area contributed by atoms with Crippen molar-refractivity contribution < 1.29 is 99.6 Å². The summed E-state index contributed by atoms with van der Waals surface area (Å²) in [4.78, 5) is 20.3. The van der Waals surface area contributed by atoms with Crippen molar-refractivity contribution in [2.24, 2.45) is 0 Å². The fourth-order valence-electron chi connectivity index (χ4n) is 0.400. The third-order valence-corrected chi connectivity index (χ3v) is 3.84. The fraction of sp³-hybridized carbons (Fsp3) is 1.00. The molecule has 0 heterocycles. The van der Waals surface area contributed by atoms with E-state index in [1.54, 1.807) is 26.7 Å². The second kappa shape index (κ2) is 6.05.